The summed E-state index contributed by atoms with van der Waals surface area (Å²) in [5, 5.41) is 9.23. The molecule has 104 valence electrons. The number of carbonyl (C=O) groups is 1. The molecule has 0 saturated carbocycles. The van der Waals surface area contributed by atoms with Gasteiger partial charge in [0.2, 0.25) is 0 Å². The minimum atomic E-state index is -0.202. The minimum absolute atomic E-state index is 0.142. The summed E-state index contributed by atoms with van der Waals surface area (Å²) in [5.41, 5.74) is 0.856. The van der Waals surface area contributed by atoms with Crippen molar-refractivity contribution in [1.82, 2.24) is 4.90 Å². The Morgan fingerprint density at radius 2 is 2.15 bits per heavy atom. The smallest absolute Gasteiger partial charge is 0.264 e. The van der Waals surface area contributed by atoms with E-state index in [9.17, 15) is 10.1 Å². The van der Waals surface area contributed by atoms with Crippen LogP contribution < -0.4 is 4.74 Å². The van der Waals surface area contributed by atoms with E-state index < -0.39 is 0 Å². The molecule has 20 heavy (non-hydrogen) atoms. The Labute approximate surface area is 126 Å². The molecule has 1 aliphatic rings. The number of nitriles is 1. The zero-order valence-corrected chi connectivity index (χ0v) is 12.8. The normalized spacial score (nSPS) is 15.1. The van der Waals surface area contributed by atoms with E-state index in [1.54, 1.807) is 24.2 Å². The van der Waals surface area contributed by atoms with Crippen LogP contribution in [-0.4, -0.2) is 31.0 Å². The topological polar surface area (TPSA) is 53.3 Å². The van der Waals surface area contributed by atoms with Gasteiger partial charge in [-0.1, -0.05) is 15.9 Å². The number of likely N-dealkylation sites (tertiary alicyclic amines) is 1. The van der Waals surface area contributed by atoms with Gasteiger partial charge in [0.15, 0.2) is 0 Å². The standard InChI is InChI=1S/C15H15BrN2O2/c1-20-14-5-4-13(16)9-11(14)8-12(10-17)15(19)18-6-2-3-7-18/h4-5,8-9H,2-3,6-7H2,1H3. The molecule has 1 fully saturated rings. The monoisotopic (exact) mass is 334 g/mol. The molecular weight excluding hydrogens is 320 g/mol. The fourth-order valence-electron chi connectivity index (χ4n) is 2.21. The van der Waals surface area contributed by atoms with E-state index in [0.717, 1.165) is 30.4 Å². The van der Waals surface area contributed by atoms with Gasteiger partial charge < -0.3 is 9.64 Å². The van der Waals surface area contributed by atoms with E-state index in [2.05, 4.69) is 15.9 Å². The summed E-state index contributed by atoms with van der Waals surface area (Å²) >= 11 is 3.38. The van der Waals surface area contributed by atoms with Crippen molar-refractivity contribution in [3.8, 4) is 11.8 Å². The number of amides is 1. The van der Waals surface area contributed by atoms with Crippen LogP contribution in [-0.2, 0) is 4.79 Å². The maximum absolute atomic E-state index is 12.2. The molecule has 0 aromatic heterocycles. The van der Waals surface area contributed by atoms with Crippen molar-refractivity contribution in [3.05, 3.63) is 33.8 Å². The van der Waals surface area contributed by atoms with Gasteiger partial charge in [0.25, 0.3) is 5.91 Å². The van der Waals surface area contributed by atoms with Gasteiger partial charge in [-0.25, -0.2) is 0 Å². The SMILES string of the molecule is COc1ccc(Br)cc1C=C(C#N)C(=O)N1CCCC1. The number of hydrogen-bond acceptors (Lipinski definition) is 3. The van der Waals surface area contributed by atoms with Gasteiger partial charge in [-0.3, -0.25) is 4.79 Å². The summed E-state index contributed by atoms with van der Waals surface area (Å²) in [6.45, 7) is 1.46. The van der Waals surface area contributed by atoms with Crippen LogP contribution in [0.2, 0.25) is 0 Å². The lowest BCUT2D eigenvalue weighted by Crippen LogP contribution is -2.28. The Morgan fingerprint density at radius 1 is 1.45 bits per heavy atom. The molecule has 1 aliphatic heterocycles. The van der Waals surface area contributed by atoms with Gasteiger partial charge in [0.1, 0.15) is 17.4 Å². The van der Waals surface area contributed by atoms with Crippen molar-refractivity contribution in [3.63, 3.8) is 0 Å². The van der Waals surface area contributed by atoms with Crippen LogP contribution >= 0.6 is 15.9 Å². The lowest BCUT2D eigenvalue weighted by atomic mass is 10.1. The predicted octanol–water partition coefficient (Wildman–Crippen LogP) is 2.99. The third kappa shape index (κ3) is 3.20. The summed E-state index contributed by atoms with van der Waals surface area (Å²) in [5.74, 6) is 0.433. The van der Waals surface area contributed by atoms with Gasteiger partial charge in [-0.15, -0.1) is 0 Å². The van der Waals surface area contributed by atoms with Gasteiger partial charge in [-0.05, 0) is 37.1 Å². The highest BCUT2D eigenvalue weighted by atomic mass is 79.9. The summed E-state index contributed by atoms with van der Waals surface area (Å²) in [6, 6.07) is 7.47. The average Bonchev–Trinajstić information content (AvgIpc) is 2.98. The molecule has 1 amide bonds. The van der Waals surface area contributed by atoms with Crippen LogP contribution in [0.5, 0.6) is 5.75 Å². The Morgan fingerprint density at radius 3 is 2.75 bits per heavy atom. The van der Waals surface area contributed by atoms with Crippen molar-refractivity contribution in [2.45, 2.75) is 12.8 Å². The second-order valence-electron chi connectivity index (χ2n) is 4.56. The molecule has 0 spiro atoms. The summed E-state index contributed by atoms with van der Waals surface area (Å²) in [6.07, 6.45) is 3.60. The van der Waals surface area contributed by atoms with Crippen LogP contribution in [0.4, 0.5) is 0 Å². The van der Waals surface area contributed by atoms with Crippen molar-refractivity contribution < 1.29 is 9.53 Å². The van der Waals surface area contributed by atoms with Crippen LogP contribution in [0.25, 0.3) is 6.08 Å². The molecule has 1 aromatic rings. The maximum Gasteiger partial charge on any atom is 0.264 e. The Hall–Kier alpha value is -1.80. The molecule has 1 heterocycles. The number of carbonyl (C=O) groups excluding carboxylic acids is 1. The Balaban J connectivity index is 2.33. The van der Waals surface area contributed by atoms with Gasteiger partial charge in [0, 0.05) is 23.1 Å². The highest BCUT2D eigenvalue weighted by Crippen LogP contribution is 2.25. The van der Waals surface area contributed by atoms with E-state index >= 15 is 0 Å². The molecule has 0 aliphatic carbocycles. The fourth-order valence-corrected chi connectivity index (χ4v) is 2.58. The van der Waals surface area contributed by atoms with E-state index in [1.807, 2.05) is 18.2 Å². The quantitative estimate of drug-likeness (QED) is 0.630. The highest BCUT2D eigenvalue weighted by Gasteiger charge is 2.21. The van der Waals surface area contributed by atoms with Crippen molar-refractivity contribution in [1.29, 1.82) is 5.26 Å². The van der Waals surface area contributed by atoms with E-state index in [1.165, 1.54) is 0 Å². The number of nitrogens with zero attached hydrogens (tertiary/aromatic N) is 2. The van der Waals surface area contributed by atoms with E-state index in [4.69, 9.17) is 4.74 Å². The Kier molecular flexibility index (Phi) is 4.80. The summed E-state index contributed by atoms with van der Waals surface area (Å²) in [7, 11) is 1.56. The predicted molar refractivity (Wildman–Crippen MR) is 80.1 cm³/mol. The average molecular weight is 335 g/mol. The van der Waals surface area contributed by atoms with Gasteiger partial charge >= 0.3 is 0 Å². The van der Waals surface area contributed by atoms with Gasteiger partial charge in [-0.2, -0.15) is 5.26 Å². The number of ether oxygens (including phenoxy) is 1. The largest absolute Gasteiger partial charge is 0.496 e. The first-order valence-corrected chi connectivity index (χ1v) is 7.19. The summed E-state index contributed by atoms with van der Waals surface area (Å²) in [4.78, 5) is 14.0. The lowest BCUT2D eigenvalue weighted by Gasteiger charge is -2.14. The molecule has 0 bridgehead atoms. The number of rotatable bonds is 3. The number of benzene rings is 1. The minimum Gasteiger partial charge on any atom is -0.496 e. The molecule has 0 atom stereocenters. The fraction of sp³-hybridized carbons (Fsp3) is 0.333. The number of hydrogen-bond donors (Lipinski definition) is 0. The van der Waals surface area contributed by atoms with Crippen molar-refractivity contribution in [2.24, 2.45) is 0 Å². The molecule has 5 heteroatoms. The second-order valence-corrected chi connectivity index (χ2v) is 5.47. The summed E-state index contributed by atoms with van der Waals surface area (Å²) < 4.78 is 6.12. The molecule has 0 unspecified atom stereocenters. The second kappa shape index (κ2) is 6.58. The van der Waals surface area contributed by atoms with Crippen LogP contribution in [0.1, 0.15) is 18.4 Å². The third-order valence-electron chi connectivity index (χ3n) is 3.24. The molecule has 4 nitrogen and oxygen atoms in total. The maximum atomic E-state index is 12.2. The lowest BCUT2D eigenvalue weighted by molar-refractivity contribution is -0.125. The van der Waals surface area contributed by atoms with Crippen LogP contribution in [0, 0.1) is 11.3 Å². The first-order chi connectivity index (χ1) is 9.65. The van der Waals surface area contributed by atoms with E-state index in [0.29, 0.717) is 11.3 Å². The zero-order valence-electron chi connectivity index (χ0n) is 11.2. The van der Waals surface area contributed by atoms with Crippen LogP contribution in [0.15, 0.2) is 28.2 Å². The third-order valence-corrected chi connectivity index (χ3v) is 3.73. The molecule has 1 aromatic carbocycles. The molecule has 0 N–H and O–H groups in total. The molecule has 0 radical (unpaired) electrons. The first kappa shape index (κ1) is 14.6. The van der Waals surface area contributed by atoms with Crippen molar-refractivity contribution >= 4 is 27.9 Å². The molecule has 2 rings (SSSR count). The van der Waals surface area contributed by atoms with Crippen LogP contribution in [0.3, 0.4) is 0 Å². The van der Waals surface area contributed by atoms with Crippen molar-refractivity contribution in [2.75, 3.05) is 20.2 Å². The highest BCUT2D eigenvalue weighted by molar-refractivity contribution is 9.10. The molecule has 1 saturated heterocycles. The Bertz CT molecular complexity index is 584. The van der Waals surface area contributed by atoms with E-state index in [-0.39, 0.29) is 11.5 Å². The zero-order chi connectivity index (χ0) is 14.5. The molecular formula is C15H15BrN2O2. The first-order valence-electron chi connectivity index (χ1n) is 6.40. The number of halogens is 1. The van der Waals surface area contributed by atoms with Gasteiger partial charge in [0.05, 0.1) is 7.11 Å². The number of methoxy groups -OCH3 is 1.